The molecule has 1 heterocycles. The van der Waals surface area contributed by atoms with Crippen LogP contribution in [0.25, 0.3) is 16.8 Å². The molecule has 1 aliphatic carbocycles. The lowest BCUT2D eigenvalue weighted by Crippen LogP contribution is -2.15. The smallest absolute Gasteiger partial charge is 0.267 e. The topological polar surface area (TPSA) is 56.0 Å². The van der Waals surface area contributed by atoms with Crippen LogP contribution in [-0.2, 0) is 6.42 Å². The van der Waals surface area contributed by atoms with E-state index in [4.69, 9.17) is 5.73 Å². The van der Waals surface area contributed by atoms with Crippen molar-refractivity contribution in [3.05, 3.63) is 47.3 Å². The van der Waals surface area contributed by atoms with Gasteiger partial charge in [0.05, 0.1) is 5.69 Å². The highest BCUT2D eigenvalue weighted by Crippen LogP contribution is 2.28. The zero-order chi connectivity index (χ0) is 11.8. The van der Waals surface area contributed by atoms with Crippen LogP contribution in [0.15, 0.2) is 30.3 Å². The molecule has 1 amide bonds. The molecule has 1 aromatic carbocycles. The monoisotopic (exact) mass is 224 g/mol. The summed E-state index contributed by atoms with van der Waals surface area (Å²) < 4.78 is 0. The molecular weight excluding hydrogens is 212 g/mol. The van der Waals surface area contributed by atoms with Crippen LogP contribution in [0.2, 0.25) is 0 Å². The van der Waals surface area contributed by atoms with Crippen molar-refractivity contribution in [3.63, 3.8) is 0 Å². The second-order valence-electron chi connectivity index (χ2n) is 4.18. The number of hydrogen-bond acceptors (Lipinski definition) is 2. The van der Waals surface area contributed by atoms with Crippen molar-refractivity contribution >= 4 is 22.8 Å². The first-order chi connectivity index (χ1) is 8.27. The van der Waals surface area contributed by atoms with Gasteiger partial charge < -0.3 is 5.73 Å². The van der Waals surface area contributed by atoms with E-state index >= 15 is 0 Å². The van der Waals surface area contributed by atoms with E-state index in [0.29, 0.717) is 5.69 Å². The number of primary amides is 1. The minimum absolute atomic E-state index is 0.367. The minimum atomic E-state index is -0.469. The Morgan fingerprint density at radius 3 is 2.76 bits per heavy atom. The molecule has 17 heavy (non-hydrogen) atoms. The molecule has 0 fully saturated rings. The van der Waals surface area contributed by atoms with Gasteiger partial charge in [0.2, 0.25) is 0 Å². The average Bonchev–Trinajstić information content (AvgIpc) is 2.37. The summed E-state index contributed by atoms with van der Waals surface area (Å²) in [6.45, 7) is 0. The van der Waals surface area contributed by atoms with Crippen LogP contribution in [0.4, 0.5) is 0 Å². The van der Waals surface area contributed by atoms with Gasteiger partial charge in [-0.1, -0.05) is 30.3 Å². The lowest BCUT2D eigenvalue weighted by Gasteiger charge is -2.14. The molecule has 3 heteroatoms. The number of hydrogen-bond donors (Lipinski definition) is 1. The standard InChI is InChI=1S/C14H12N2O/c15-14(17)13-11-7-2-1-5-9(11)10-6-3-4-8-12(10)16-13/h1-2,4-5,7-8H,3,6H2,(H2,15,17). The average molecular weight is 224 g/mol. The molecule has 1 aliphatic rings. The third-order valence-corrected chi connectivity index (χ3v) is 3.12. The third-order valence-electron chi connectivity index (χ3n) is 3.12. The first-order valence-electron chi connectivity index (χ1n) is 5.65. The Kier molecular flexibility index (Phi) is 2.18. The van der Waals surface area contributed by atoms with E-state index in [-0.39, 0.29) is 0 Å². The molecule has 0 bridgehead atoms. The molecule has 1 aromatic heterocycles. The molecule has 0 saturated heterocycles. The minimum Gasteiger partial charge on any atom is -0.364 e. The van der Waals surface area contributed by atoms with Crippen molar-refractivity contribution in [2.24, 2.45) is 5.73 Å². The number of aryl methyl sites for hydroxylation is 1. The SMILES string of the molecule is NC(=O)c1nc2c(c3ccccc13)CCC=C2. The number of benzene rings is 1. The number of nitrogens with two attached hydrogens (primary N) is 1. The normalized spacial score (nSPS) is 13.6. The van der Waals surface area contributed by atoms with Crippen molar-refractivity contribution in [2.75, 3.05) is 0 Å². The zero-order valence-electron chi connectivity index (χ0n) is 9.31. The van der Waals surface area contributed by atoms with Crippen molar-refractivity contribution in [3.8, 4) is 0 Å². The van der Waals surface area contributed by atoms with Gasteiger partial charge >= 0.3 is 0 Å². The second kappa shape index (κ2) is 3.70. The number of allylic oxidation sites excluding steroid dienone is 1. The Hall–Kier alpha value is -2.16. The fraction of sp³-hybridized carbons (Fsp3) is 0.143. The summed E-state index contributed by atoms with van der Waals surface area (Å²) in [5.74, 6) is -0.469. The van der Waals surface area contributed by atoms with Crippen molar-refractivity contribution in [2.45, 2.75) is 12.8 Å². The second-order valence-corrected chi connectivity index (χ2v) is 4.18. The number of aromatic nitrogens is 1. The summed E-state index contributed by atoms with van der Waals surface area (Å²) in [6.07, 6.45) is 6.04. The van der Waals surface area contributed by atoms with Gasteiger partial charge in [0, 0.05) is 5.39 Å². The van der Waals surface area contributed by atoms with Crippen LogP contribution in [0.5, 0.6) is 0 Å². The van der Waals surface area contributed by atoms with Gasteiger partial charge in [0.25, 0.3) is 5.91 Å². The molecule has 2 N–H and O–H groups in total. The van der Waals surface area contributed by atoms with Gasteiger partial charge in [-0.3, -0.25) is 4.79 Å². The molecule has 0 atom stereocenters. The molecular formula is C14H12N2O. The maximum Gasteiger partial charge on any atom is 0.267 e. The summed E-state index contributed by atoms with van der Waals surface area (Å²) in [7, 11) is 0. The Morgan fingerprint density at radius 2 is 2.00 bits per heavy atom. The number of nitrogens with zero attached hydrogens (tertiary/aromatic N) is 1. The van der Waals surface area contributed by atoms with E-state index < -0.39 is 5.91 Å². The van der Waals surface area contributed by atoms with E-state index in [1.807, 2.05) is 30.3 Å². The van der Waals surface area contributed by atoms with Crippen LogP contribution in [-0.4, -0.2) is 10.9 Å². The maximum atomic E-state index is 11.4. The first-order valence-corrected chi connectivity index (χ1v) is 5.65. The van der Waals surface area contributed by atoms with Crippen molar-refractivity contribution < 1.29 is 4.79 Å². The summed E-state index contributed by atoms with van der Waals surface area (Å²) in [4.78, 5) is 15.8. The van der Waals surface area contributed by atoms with Crippen LogP contribution in [0.3, 0.4) is 0 Å². The molecule has 3 rings (SSSR count). The van der Waals surface area contributed by atoms with E-state index in [1.54, 1.807) is 0 Å². The number of pyridine rings is 1. The Balaban J connectivity index is 2.44. The van der Waals surface area contributed by atoms with E-state index in [2.05, 4.69) is 11.1 Å². The summed E-state index contributed by atoms with van der Waals surface area (Å²) in [6, 6.07) is 7.82. The molecule has 2 aromatic rings. The lowest BCUT2D eigenvalue weighted by atomic mass is 9.95. The number of carbonyl (C=O) groups excluding carboxylic acids is 1. The molecule has 84 valence electrons. The maximum absolute atomic E-state index is 11.4. The van der Waals surface area contributed by atoms with Crippen LogP contribution in [0, 0.1) is 0 Å². The Labute approximate surface area is 99.0 Å². The predicted molar refractivity (Wildman–Crippen MR) is 67.6 cm³/mol. The molecule has 0 aliphatic heterocycles. The largest absolute Gasteiger partial charge is 0.364 e. The lowest BCUT2D eigenvalue weighted by molar-refractivity contribution is 0.0997. The van der Waals surface area contributed by atoms with Gasteiger partial charge in [-0.2, -0.15) is 0 Å². The number of fused-ring (bicyclic) bond motifs is 3. The highest BCUT2D eigenvalue weighted by atomic mass is 16.1. The molecule has 0 radical (unpaired) electrons. The third kappa shape index (κ3) is 1.51. The Bertz CT molecular complexity index is 644. The van der Waals surface area contributed by atoms with E-state index in [9.17, 15) is 4.79 Å². The quantitative estimate of drug-likeness (QED) is 0.808. The fourth-order valence-electron chi connectivity index (χ4n) is 2.35. The zero-order valence-corrected chi connectivity index (χ0v) is 9.31. The van der Waals surface area contributed by atoms with Gasteiger partial charge in [0.1, 0.15) is 5.69 Å². The van der Waals surface area contributed by atoms with Crippen LogP contribution >= 0.6 is 0 Å². The number of rotatable bonds is 1. The summed E-state index contributed by atoms with van der Waals surface area (Å²) in [5.41, 5.74) is 7.85. The molecule has 0 saturated carbocycles. The summed E-state index contributed by atoms with van der Waals surface area (Å²) >= 11 is 0. The van der Waals surface area contributed by atoms with Crippen molar-refractivity contribution in [1.82, 2.24) is 4.98 Å². The van der Waals surface area contributed by atoms with E-state index in [0.717, 1.165) is 29.3 Å². The number of amides is 1. The van der Waals surface area contributed by atoms with E-state index in [1.165, 1.54) is 5.56 Å². The predicted octanol–water partition coefficient (Wildman–Crippen LogP) is 2.29. The summed E-state index contributed by atoms with van der Waals surface area (Å²) in [5, 5.41) is 1.95. The van der Waals surface area contributed by atoms with Crippen molar-refractivity contribution in [1.29, 1.82) is 0 Å². The number of carbonyl (C=O) groups is 1. The Morgan fingerprint density at radius 1 is 1.24 bits per heavy atom. The molecule has 0 spiro atoms. The van der Waals surface area contributed by atoms with Gasteiger partial charge in [0.15, 0.2) is 0 Å². The van der Waals surface area contributed by atoms with Crippen LogP contribution in [0.1, 0.15) is 28.2 Å². The molecule has 0 unspecified atom stereocenters. The van der Waals surface area contributed by atoms with Crippen LogP contribution < -0.4 is 5.73 Å². The highest BCUT2D eigenvalue weighted by Gasteiger charge is 2.16. The fourth-order valence-corrected chi connectivity index (χ4v) is 2.35. The first kappa shape index (κ1) is 10.0. The van der Waals surface area contributed by atoms with Gasteiger partial charge in [-0.05, 0) is 29.9 Å². The van der Waals surface area contributed by atoms with Gasteiger partial charge in [-0.15, -0.1) is 0 Å². The highest BCUT2D eigenvalue weighted by molar-refractivity contribution is 6.06. The molecule has 3 nitrogen and oxygen atoms in total. The van der Waals surface area contributed by atoms with Gasteiger partial charge in [-0.25, -0.2) is 4.98 Å².